The Labute approximate surface area is 116 Å². The zero-order chi connectivity index (χ0) is 13.1. The topological polar surface area (TPSA) is 12.9 Å². The Morgan fingerprint density at radius 3 is 2.20 bits per heavy atom. The standard InChI is InChI=1S/C19H13N/c1-2-6-13-12(5-1)11-20-19-17-8-4-3-7-14(17)15-9-10-16(15)18(13)19/h1-8,11H,9-10H2. The van der Waals surface area contributed by atoms with Gasteiger partial charge in [-0.25, -0.2) is 0 Å². The van der Waals surface area contributed by atoms with E-state index in [4.69, 9.17) is 4.98 Å². The highest BCUT2D eigenvalue weighted by Gasteiger charge is 2.22. The third-order valence-electron chi connectivity index (χ3n) is 4.60. The van der Waals surface area contributed by atoms with Crippen LogP contribution < -0.4 is 0 Å². The third-order valence-corrected chi connectivity index (χ3v) is 4.60. The van der Waals surface area contributed by atoms with Gasteiger partial charge >= 0.3 is 0 Å². The first-order valence-electron chi connectivity index (χ1n) is 7.13. The van der Waals surface area contributed by atoms with Crippen LogP contribution in [0.5, 0.6) is 0 Å². The molecule has 20 heavy (non-hydrogen) atoms. The second-order valence-electron chi connectivity index (χ2n) is 5.57. The monoisotopic (exact) mass is 255 g/mol. The number of hydrogen-bond acceptors (Lipinski definition) is 1. The quantitative estimate of drug-likeness (QED) is 0.417. The molecule has 4 aromatic rings. The third kappa shape index (κ3) is 1.16. The van der Waals surface area contributed by atoms with Crippen molar-refractivity contribution >= 4 is 32.4 Å². The summed E-state index contributed by atoms with van der Waals surface area (Å²) in [5.74, 6) is 0. The van der Waals surface area contributed by atoms with Gasteiger partial charge in [-0.1, -0.05) is 48.5 Å². The molecule has 0 aliphatic heterocycles. The van der Waals surface area contributed by atoms with Gasteiger partial charge in [0, 0.05) is 22.4 Å². The van der Waals surface area contributed by atoms with E-state index in [-0.39, 0.29) is 0 Å². The Bertz CT molecular complexity index is 993. The Morgan fingerprint density at radius 1 is 0.700 bits per heavy atom. The summed E-state index contributed by atoms with van der Waals surface area (Å²) in [7, 11) is 0. The van der Waals surface area contributed by atoms with Gasteiger partial charge in [-0.3, -0.25) is 4.98 Å². The Balaban J connectivity index is 2.15. The van der Waals surface area contributed by atoms with E-state index in [1.54, 1.807) is 0 Å². The van der Waals surface area contributed by atoms with Crippen LogP contribution in [0.3, 0.4) is 0 Å². The van der Waals surface area contributed by atoms with Crippen LogP contribution in [0.25, 0.3) is 32.4 Å². The maximum Gasteiger partial charge on any atom is 0.0789 e. The molecule has 0 unspecified atom stereocenters. The van der Waals surface area contributed by atoms with Crippen molar-refractivity contribution in [2.45, 2.75) is 12.8 Å². The Kier molecular flexibility index (Phi) is 1.86. The number of aromatic nitrogens is 1. The SMILES string of the molecule is c1ccc2c(c1)cnc1c3ccccc3c3c(c21)CC3. The van der Waals surface area contributed by atoms with Crippen LogP contribution in [0.15, 0.2) is 54.7 Å². The van der Waals surface area contributed by atoms with Crippen molar-refractivity contribution in [3.8, 4) is 0 Å². The lowest BCUT2D eigenvalue weighted by molar-refractivity contribution is 0.864. The molecule has 5 rings (SSSR count). The van der Waals surface area contributed by atoms with Gasteiger partial charge in [-0.2, -0.15) is 0 Å². The van der Waals surface area contributed by atoms with Crippen molar-refractivity contribution in [1.29, 1.82) is 0 Å². The summed E-state index contributed by atoms with van der Waals surface area (Å²) in [6.45, 7) is 0. The molecule has 1 heterocycles. The molecule has 3 aromatic carbocycles. The molecule has 0 amide bonds. The number of rotatable bonds is 0. The lowest BCUT2D eigenvalue weighted by Crippen LogP contribution is -2.10. The van der Waals surface area contributed by atoms with Gasteiger partial charge in [-0.05, 0) is 34.7 Å². The lowest BCUT2D eigenvalue weighted by atomic mass is 9.80. The molecule has 1 aliphatic carbocycles. The van der Waals surface area contributed by atoms with Crippen molar-refractivity contribution < 1.29 is 0 Å². The van der Waals surface area contributed by atoms with Crippen molar-refractivity contribution in [2.75, 3.05) is 0 Å². The summed E-state index contributed by atoms with van der Waals surface area (Å²) in [5, 5.41) is 6.65. The molecule has 1 nitrogen and oxygen atoms in total. The molecule has 0 saturated heterocycles. The highest BCUT2D eigenvalue weighted by molar-refractivity contribution is 6.18. The summed E-state index contributed by atoms with van der Waals surface area (Å²) >= 11 is 0. The van der Waals surface area contributed by atoms with Crippen LogP contribution in [0.1, 0.15) is 11.1 Å². The van der Waals surface area contributed by atoms with Crippen LogP contribution >= 0.6 is 0 Å². The van der Waals surface area contributed by atoms with Crippen LogP contribution in [0.2, 0.25) is 0 Å². The van der Waals surface area contributed by atoms with Gasteiger partial charge in [0.25, 0.3) is 0 Å². The number of aryl methyl sites for hydroxylation is 2. The molecule has 0 radical (unpaired) electrons. The minimum absolute atomic E-state index is 1.16. The van der Waals surface area contributed by atoms with Crippen LogP contribution in [0.4, 0.5) is 0 Å². The van der Waals surface area contributed by atoms with E-state index in [0.717, 1.165) is 5.52 Å². The molecule has 0 atom stereocenters. The molecular formula is C19H13N. The molecule has 0 fully saturated rings. The zero-order valence-corrected chi connectivity index (χ0v) is 11.1. The van der Waals surface area contributed by atoms with Crippen LogP contribution in [-0.2, 0) is 12.8 Å². The molecule has 0 saturated carbocycles. The smallest absolute Gasteiger partial charge is 0.0789 e. The average Bonchev–Trinajstić information content (AvgIpc) is 2.47. The summed E-state index contributed by atoms with van der Waals surface area (Å²) < 4.78 is 0. The lowest BCUT2D eigenvalue weighted by Gasteiger charge is -2.24. The Hall–Kier alpha value is -2.41. The highest BCUT2D eigenvalue weighted by Crippen LogP contribution is 2.40. The fraction of sp³-hybridized carbons (Fsp3) is 0.105. The van der Waals surface area contributed by atoms with Crippen LogP contribution in [-0.4, -0.2) is 4.98 Å². The van der Waals surface area contributed by atoms with E-state index in [1.807, 2.05) is 6.20 Å². The first-order chi connectivity index (χ1) is 9.93. The van der Waals surface area contributed by atoms with Gasteiger partial charge in [0.05, 0.1) is 5.52 Å². The molecular weight excluding hydrogens is 242 g/mol. The van der Waals surface area contributed by atoms with Crippen molar-refractivity contribution in [3.63, 3.8) is 0 Å². The maximum absolute atomic E-state index is 4.77. The van der Waals surface area contributed by atoms with Gasteiger partial charge in [-0.15, -0.1) is 0 Å². The number of benzene rings is 3. The number of hydrogen-bond donors (Lipinski definition) is 0. The van der Waals surface area contributed by atoms with E-state index in [9.17, 15) is 0 Å². The van der Waals surface area contributed by atoms with E-state index in [0.29, 0.717) is 0 Å². The first-order valence-corrected chi connectivity index (χ1v) is 7.13. The van der Waals surface area contributed by atoms with Crippen molar-refractivity contribution in [1.82, 2.24) is 4.98 Å². The van der Waals surface area contributed by atoms with Crippen molar-refractivity contribution in [2.24, 2.45) is 0 Å². The normalized spacial score (nSPS) is 13.6. The van der Waals surface area contributed by atoms with E-state index >= 15 is 0 Å². The van der Waals surface area contributed by atoms with Crippen molar-refractivity contribution in [3.05, 3.63) is 65.9 Å². The maximum atomic E-state index is 4.77. The fourth-order valence-electron chi connectivity index (χ4n) is 3.57. The largest absolute Gasteiger partial charge is 0.255 e. The van der Waals surface area contributed by atoms with Gasteiger partial charge in [0.15, 0.2) is 0 Å². The number of fused-ring (bicyclic) bond motifs is 8. The van der Waals surface area contributed by atoms with E-state index in [2.05, 4.69) is 48.5 Å². The average molecular weight is 255 g/mol. The molecule has 0 N–H and O–H groups in total. The molecule has 1 aromatic heterocycles. The van der Waals surface area contributed by atoms with Gasteiger partial charge in [0.1, 0.15) is 0 Å². The van der Waals surface area contributed by atoms with E-state index < -0.39 is 0 Å². The minimum Gasteiger partial charge on any atom is -0.255 e. The zero-order valence-electron chi connectivity index (χ0n) is 11.1. The summed E-state index contributed by atoms with van der Waals surface area (Å²) in [6, 6.07) is 17.3. The second-order valence-corrected chi connectivity index (χ2v) is 5.57. The number of nitrogens with zero attached hydrogens (tertiary/aromatic N) is 1. The second kappa shape index (κ2) is 3.57. The summed E-state index contributed by atoms with van der Waals surface area (Å²) in [6.07, 6.45) is 4.40. The number of pyridine rings is 1. The molecule has 0 bridgehead atoms. The minimum atomic E-state index is 1.16. The molecule has 94 valence electrons. The first kappa shape index (κ1) is 10.4. The van der Waals surface area contributed by atoms with Gasteiger partial charge < -0.3 is 0 Å². The molecule has 1 aliphatic rings. The Morgan fingerprint density at radius 2 is 1.40 bits per heavy atom. The highest BCUT2D eigenvalue weighted by atomic mass is 14.7. The molecule has 0 spiro atoms. The summed E-state index contributed by atoms with van der Waals surface area (Å²) in [5.41, 5.74) is 4.21. The van der Waals surface area contributed by atoms with Crippen LogP contribution in [0, 0.1) is 0 Å². The summed E-state index contributed by atoms with van der Waals surface area (Å²) in [4.78, 5) is 4.77. The molecule has 1 heteroatoms. The van der Waals surface area contributed by atoms with Gasteiger partial charge in [0.2, 0.25) is 0 Å². The predicted octanol–water partition coefficient (Wildman–Crippen LogP) is 4.64. The van der Waals surface area contributed by atoms with E-state index in [1.165, 1.54) is 50.9 Å². The predicted molar refractivity (Wildman–Crippen MR) is 84.2 cm³/mol. The fourth-order valence-corrected chi connectivity index (χ4v) is 3.57.